The molecular weight excluding hydrogens is 618 g/mol. The first-order chi connectivity index (χ1) is 18.6. The fourth-order valence-corrected chi connectivity index (χ4v) is 4.16. The molecule has 0 spiro atoms. The van der Waals surface area contributed by atoms with Crippen LogP contribution in [0.4, 0.5) is 46.5 Å². The molecule has 0 fully saturated rings. The van der Waals surface area contributed by atoms with Crippen molar-refractivity contribution < 1.29 is 44.7 Å². The van der Waals surface area contributed by atoms with Crippen LogP contribution in [0.3, 0.4) is 0 Å². The first-order valence-electron chi connectivity index (χ1n) is 11.0. The van der Waals surface area contributed by atoms with Gasteiger partial charge in [-0.15, -0.1) is 0 Å². The monoisotopic (exact) mass is 631 g/mol. The summed E-state index contributed by atoms with van der Waals surface area (Å²) in [5.74, 6) is -2.33. The number of hydrogen-bond donors (Lipinski definition) is 2. The van der Waals surface area contributed by atoms with E-state index in [1.165, 1.54) is 48.5 Å². The van der Waals surface area contributed by atoms with Crippen molar-refractivity contribution in [1.29, 1.82) is 0 Å². The van der Waals surface area contributed by atoms with Crippen LogP contribution < -0.4 is 10.6 Å². The Hall–Kier alpha value is -4.07. The lowest BCUT2D eigenvalue weighted by atomic mass is 9.98. The van der Waals surface area contributed by atoms with E-state index < -0.39 is 46.9 Å². The molecule has 2 amide bonds. The van der Waals surface area contributed by atoms with Crippen LogP contribution in [0, 0.1) is 5.82 Å². The number of fused-ring (bicyclic) bond motifs is 1. The minimum absolute atomic E-state index is 0.0169. The predicted molar refractivity (Wildman–Crippen MR) is 133 cm³/mol. The average molecular weight is 632 g/mol. The van der Waals surface area contributed by atoms with Gasteiger partial charge in [0, 0.05) is 21.1 Å². The Morgan fingerprint density at radius 1 is 0.750 bits per heavy atom. The average Bonchev–Trinajstić information content (AvgIpc) is 2.88. The van der Waals surface area contributed by atoms with E-state index in [9.17, 15) is 44.7 Å². The Morgan fingerprint density at radius 3 is 2.08 bits per heavy atom. The maximum Gasteiger partial charge on any atom is 0.437 e. The lowest BCUT2D eigenvalue weighted by molar-refractivity contribution is -0.349. The SMILES string of the molecule is O=C(Nc1c(Br)ccc2nc(C(F)(C(F)(F)F)C(F)(F)F)ccc12)c1cccc(NC(=O)c2ccccc2F)c1. The van der Waals surface area contributed by atoms with Crippen LogP contribution in [0.15, 0.2) is 77.3 Å². The summed E-state index contributed by atoms with van der Waals surface area (Å²) in [6, 6.07) is 13.9. The molecule has 0 aliphatic heterocycles. The van der Waals surface area contributed by atoms with Gasteiger partial charge in [0.15, 0.2) is 0 Å². The normalized spacial score (nSPS) is 12.3. The van der Waals surface area contributed by atoms with Crippen LogP contribution in [-0.4, -0.2) is 29.2 Å². The van der Waals surface area contributed by atoms with Gasteiger partial charge in [-0.25, -0.2) is 13.8 Å². The summed E-state index contributed by atoms with van der Waals surface area (Å²) in [7, 11) is 0. The smallest absolute Gasteiger partial charge is 0.322 e. The number of carbonyl (C=O) groups excluding carboxylic acids is 2. The molecule has 2 N–H and O–H groups in total. The molecule has 1 heterocycles. The third-order valence-corrected chi connectivity index (χ3v) is 6.36. The van der Waals surface area contributed by atoms with Gasteiger partial charge < -0.3 is 10.6 Å². The van der Waals surface area contributed by atoms with E-state index in [-0.39, 0.29) is 38.4 Å². The molecule has 4 rings (SSSR count). The number of nitrogens with zero attached hydrogens (tertiary/aromatic N) is 1. The first-order valence-corrected chi connectivity index (χ1v) is 11.8. The Bertz CT molecular complexity index is 1610. The van der Waals surface area contributed by atoms with E-state index >= 15 is 0 Å². The van der Waals surface area contributed by atoms with Crippen LogP contribution in [0.2, 0.25) is 0 Å². The van der Waals surface area contributed by atoms with Gasteiger partial charge in [0.05, 0.1) is 22.5 Å². The Kier molecular flexibility index (Phi) is 7.58. The molecule has 5 nitrogen and oxygen atoms in total. The van der Waals surface area contributed by atoms with Crippen molar-refractivity contribution in [2.75, 3.05) is 10.6 Å². The number of halogens is 9. The van der Waals surface area contributed by atoms with E-state index in [0.29, 0.717) is 0 Å². The Balaban J connectivity index is 1.65. The zero-order chi connectivity index (χ0) is 29.5. The van der Waals surface area contributed by atoms with Crippen LogP contribution in [0.25, 0.3) is 10.9 Å². The van der Waals surface area contributed by atoms with Gasteiger partial charge in [-0.1, -0.05) is 18.2 Å². The second-order valence-electron chi connectivity index (χ2n) is 8.31. The highest BCUT2D eigenvalue weighted by Gasteiger charge is 2.74. The highest BCUT2D eigenvalue weighted by Crippen LogP contribution is 2.53. The van der Waals surface area contributed by atoms with Gasteiger partial charge >= 0.3 is 18.0 Å². The van der Waals surface area contributed by atoms with Crippen molar-refractivity contribution in [2.24, 2.45) is 0 Å². The molecule has 0 saturated heterocycles. The molecule has 0 saturated carbocycles. The number of benzene rings is 3. The zero-order valence-electron chi connectivity index (χ0n) is 19.6. The topological polar surface area (TPSA) is 71.1 Å². The van der Waals surface area contributed by atoms with Crippen molar-refractivity contribution in [2.45, 2.75) is 18.0 Å². The highest BCUT2D eigenvalue weighted by atomic mass is 79.9. The molecule has 40 heavy (non-hydrogen) atoms. The quantitative estimate of drug-likeness (QED) is 0.220. The number of nitrogens with one attached hydrogen (secondary N) is 2. The molecule has 0 unspecified atom stereocenters. The van der Waals surface area contributed by atoms with Gasteiger partial charge in [0.2, 0.25) is 0 Å². The molecule has 0 aliphatic rings. The summed E-state index contributed by atoms with van der Waals surface area (Å²) in [5.41, 5.74) is -8.31. The molecule has 14 heteroatoms. The Morgan fingerprint density at radius 2 is 1.43 bits per heavy atom. The maximum atomic E-state index is 14.5. The molecule has 0 bridgehead atoms. The standard InChI is InChI=1S/C26H14BrF8N3O2/c27-17-9-10-19-16(8-11-20(37-19)24(29,25(30,31)32)26(33,34)35)21(17)38-22(39)13-4-3-5-14(12-13)36-23(40)15-6-1-2-7-18(15)28/h1-12H,(H,36,40)(H,38,39). The fourth-order valence-electron chi connectivity index (χ4n) is 3.72. The highest BCUT2D eigenvalue weighted by molar-refractivity contribution is 9.10. The minimum atomic E-state index is -6.34. The number of amides is 2. The van der Waals surface area contributed by atoms with Crippen molar-refractivity contribution in [3.8, 4) is 0 Å². The number of aromatic nitrogens is 1. The van der Waals surface area contributed by atoms with E-state index in [4.69, 9.17) is 0 Å². The maximum absolute atomic E-state index is 14.5. The number of carbonyl (C=O) groups is 2. The summed E-state index contributed by atoms with van der Waals surface area (Å²) in [5, 5.41) is 4.82. The molecule has 1 aromatic heterocycles. The third kappa shape index (κ3) is 5.35. The summed E-state index contributed by atoms with van der Waals surface area (Å²) >= 11 is 3.15. The number of hydrogen-bond acceptors (Lipinski definition) is 3. The van der Waals surface area contributed by atoms with Crippen LogP contribution in [0.1, 0.15) is 26.4 Å². The molecule has 0 radical (unpaired) electrons. The van der Waals surface area contributed by atoms with Gasteiger partial charge in [-0.2, -0.15) is 26.3 Å². The molecule has 4 aromatic rings. The number of pyridine rings is 1. The number of anilines is 2. The summed E-state index contributed by atoms with van der Waals surface area (Å²) in [4.78, 5) is 28.6. The third-order valence-electron chi connectivity index (χ3n) is 5.69. The van der Waals surface area contributed by atoms with E-state index in [2.05, 4.69) is 31.5 Å². The lowest BCUT2D eigenvalue weighted by Crippen LogP contribution is -2.50. The van der Waals surface area contributed by atoms with Crippen LogP contribution in [-0.2, 0) is 5.67 Å². The molecule has 0 aliphatic carbocycles. The zero-order valence-corrected chi connectivity index (χ0v) is 21.2. The largest absolute Gasteiger partial charge is 0.437 e. The van der Waals surface area contributed by atoms with Gasteiger partial charge in [0.25, 0.3) is 11.8 Å². The summed E-state index contributed by atoms with van der Waals surface area (Å²) in [6.45, 7) is 0. The van der Waals surface area contributed by atoms with E-state index in [1.807, 2.05) is 0 Å². The molecule has 0 atom stereocenters. The number of rotatable bonds is 5. The second kappa shape index (κ2) is 10.5. The Labute approximate surface area is 228 Å². The summed E-state index contributed by atoms with van der Waals surface area (Å²) < 4.78 is 108. The fraction of sp³-hybridized carbons (Fsp3) is 0.115. The minimum Gasteiger partial charge on any atom is -0.322 e. The van der Waals surface area contributed by atoms with Gasteiger partial charge in [-0.3, -0.25) is 9.59 Å². The van der Waals surface area contributed by atoms with Gasteiger partial charge in [0.1, 0.15) is 5.82 Å². The van der Waals surface area contributed by atoms with Crippen molar-refractivity contribution in [3.63, 3.8) is 0 Å². The van der Waals surface area contributed by atoms with E-state index in [0.717, 1.165) is 18.2 Å². The molecule has 208 valence electrons. The molecule has 3 aromatic carbocycles. The van der Waals surface area contributed by atoms with Crippen molar-refractivity contribution in [1.82, 2.24) is 4.98 Å². The van der Waals surface area contributed by atoms with Crippen LogP contribution in [0.5, 0.6) is 0 Å². The lowest BCUT2D eigenvalue weighted by Gasteiger charge is -2.29. The van der Waals surface area contributed by atoms with Gasteiger partial charge in [-0.05, 0) is 70.5 Å². The molecular formula is C26H14BrF8N3O2. The van der Waals surface area contributed by atoms with Crippen molar-refractivity contribution >= 4 is 50.0 Å². The van der Waals surface area contributed by atoms with E-state index in [1.54, 1.807) is 0 Å². The van der Waals surface area contributed by atoms with Crippen molar-refractivity contribution in [3.05, 3.63) is 99.9 Å². The first kappa shape index (κ1) is 28.9. The predicted octanol–water partition coefficient (Wildman–Crippen LogP) is 7.93. The number of alkyl halides is 7. The second-order valence-corrected chi connectivity index (χ2v) is 9.16. The van der Waals surface area contributed by atoms with Crippen LogP contribution >= 0.6 is 15.9 Å². The summed E-state index contributed by atoms with van der Waals surface area (Å²) in [6.07, 6.45) is -12.7.